The van der Waals surface area contributed by atoms with Gasteiger partial charge in [-0.3, -0.25) is 4.99 Å². The van der Waals surface area contributed by atoms with Crippen LogP contribution >= 0.6 is 0 Å². The number of hydrogen-bond donors (Lipinski definition) is 0. The van der Waals surface area contributed by atoms with Crippen LogP contribution in [0.4, 0.5) is 0 Å². The number of fused-ring (bicyclic) bond motifs is 1. The third-order valence-corrected chi connectivity index (χ3v) is 5.19. The molecule has 1 aromatic carbocycles. The van der Waals surface area contributed by atoms with E-state index in [1.807, 2.05) is 33.8 Å². The Balaban J connectivity index is 0.000000921. The second-order valence-electron chi connectivity index (χ2n) is 6.86. The summed E-state index contributed by atoms with van der Waals surface area (Å²) in [5, 5.41) is 0. The second kappa shape index (κ2) is 13.3. The Bertz CT molecular complexity index is 734. The predicted molar refractivity (Wildman–Crippen MR) is 127 cm³/mol. The van der Waals surface area contributed by atoms with E-state index in [0.29, 0.717) is 6.04 Å². The van der Waals surface area contributed by atoms with E-state index in [-0.39, 0.29) is 0 Å². The molecule has 0 saturated heterocycles. The maximum atomic E-state index is 4.97. The highest BCUT2D eigenvalue weighted by atomic mass is 15.1. The summed E-state index contributed by atoms with van der Waals surface area (Å²) in [6.45, 7) is 17.0. The number of rotatable bonds is 6. The van der Waals surface area contributed by atoms with E-state index in [1.165, 1.54) is 49.2 Å². The molecular formula is C25H41N3. The van der Waals surface area contributed by atoms with Crippen molar-refractivity contribution >= 4 is 22.8 Å². The molecule has 0 atom stereocenters. The first-order valence-electron chi connectivity index (χ1n) is 11.4. The summed E-state index contributed by atoms with van der Waals surface area (Å²) < 4.78 is 2.51. The number of nitrogens with zero attached hydrogens (tertiary/aromatic N) is 3. The van der Waals surface area contributed by atoms with E-state index in [2.05, 4.69) is 48.2 Å². The molecule has 3 nitrogen and oxygen atoms in total. The Kier molecular flexibility index (Phi) is 11.5. The highest BCUT2D eigenvalue weighted by Crippen LogP contribution is 2.33. The minimum Gasteiger partial charge on any atom is -0.325 e. The van der Waals surface area contributed by atoms with Crippen LogP contribution in [0.15, 0.2) is 29.8 Å². The van der Waals surface area contributed by atoms with Gasteiger partial charge in [0.05, 0.1) is 11.0 Å². The first-order valence-corrected chi connectivity index (χ1v) is 11.4. The van der Waals surface area contributed by atoms with Crippen molar-refractivity contribution in [1.29, 1.82) is 0 Å². The fraction of sp³-hybridized carbons (Fsp3) is 0.600. The Morgan fingerprint density at radius 1 is 1.18 bits per heavy atom. The minimum absolute atomic E-state index is 0.601. The van der Waals surface area contributed by atoms with Gasteiger partial charge in [0.2, 0.25) is 0 Å². The van der Waals surface area contributed by atoms with Gasteiger partial charge in [-0.2, -0.15) is 0 Å². The van der Waals surface area contributed by atoms with Crippen LogP contribution in [-0.2, 0) is 6.42 Å². The summed E-state index contributed by atoms with van der Waals surface area (Å²) in [6.07, 6.45) is 10.4. The molecule has 0 aliphatic heterocycles. The van der Waals surface area contributed by atoms with Gasteiger partial charge in [-0.05, 0) is 43.9 Å². The summed E-state index contributed by atoms with van der Waals surface area (Å²) in [5.74, 6) is 1.20. The topological polar surface area (TPSA) is 30.2 Å². The number of aliphatic imine (C=N–C) groups is 1. The summed E-state index contributed by atoms with van der Waals surface area (Å²) in [7, 11) is 0. The molecule has 1 fully saturated rings. The van der Waals surface area contributed by atoms with Gasteiger partial charge >= 0.3 is 0 Å². The molecule has 1 aromatic heterocycles. The summed E-state index contributed by atoms with van der Waals surface area (Å²) >= 11 is 0. The van der Waals surface area contributed by atoms with Gasteiger partial charge in [-0.15, -0.1) is 0 Å². The number of imidazole rings is 1. The van der Waals surface area contributed by atoms with Crippen LogP contribution in [0.1, 0.15) is 97.5 Å². The molecule has 0 spiro atoms. The lowest BCUT2D eigenvalue weighted by Gasteiger charge is -2.25. The van der Waals surface area contributed by atoms with E-state index in [9.17, 15) is 0 Å². The fourth-order valence-electron chi connectivity index (χ4n) is 3.67. The molecule has 0 N–H and O–H groups in total. The largest absolute Gasteiger partial charge is 0.325 e. The van der Waals surface area contributed by atoms with Crippen molar-refractivity contribution in [2.24, 2.45) is 4.99 Å². The van der Waals surface area contributed by atoms with Crippen molar-refractivity contribution in [1.82, 2.24) is 9.55 Å². The molecule has 0 bridgehead atoms. The lowest BCUT2D eigenvalue weighted by molar-refractivity contribution is 0.352. The number of hydrogen-bond acceptors (Lipinski definition) is 2. The van der Waals surface area contributed by atoms with Gasteiger partial charge < -0.3 is 4.57 Å². The van der Waals surface area contributed by atoms with Gasteiger partial charge in [0.1, 0.15) is 5.82 Å². The number of benzene rings is 1. The Morgan fingerprint density at radius 3 is 2.46 bits per heavy atom. The zero-order valence-corrected chi connectivity index (χ0v) is 19.1. The summed E-state index contributed by atoms with van der Waals surface area (Å²) in [4.78, 5) is 9.64. The Morgan fingerprint density at radius 2 is 1.86 bits per heavy atom. The average Bonchev–Trinajstić information content (AvgIpc) is 3.14. The Hall–Kier alpha value is -1.90. The lowest BCUT2D eigenvalue weighted by Crippen LogP contribution is -2.16. The molecule has 1 aliphatic rings. The van der Waals surface area contributed by atoms with Crippen molar-refractivity contribution in [3.8, 4) is 0 Å². The van der Waals surface area contributed by atoms with E-state index >= 15 is 0 Å². The second-order valence-corrected chi connectivity index (χ2v) is 6.86. The van der Waals surface area contributed by atoms with Crippen LogP contribution in [0.2, 0.25) is 0 Å². The first-order chi connectivity index (χ1) is 13.7. The van der Waals surface area contributed by atoms with Gasteiger partial charge in [0, 0.05) is 24.7 Å². The van der Waals surface area contributed by atoms with Crippen molar-refractivity contribution in [2.75, 3.05) is 6.54 Å². The molecule has 28 heavy (non-hydrogen) atoms. The van der Waals surface area contributed by atoms with Crippen LogP contribution in [0.5, 0.6) is 0 Å². The van der Waals surface area contributed by atoms with Crippen molar-refractivity contribution < 1.29 is 0 Å². The summed E-state index contributed by atoms with van der Waals surface area (Å²) in [5.41, 5.74) is 4.74. The van der Waals surface area contributed by atoms with Crippen LogP contribution in [-0.4, -0.2) is 21.8 Å². The smallest absolute Gasteiger partial charge is 0.111 e. The quantitative estimate of drug-likeness (QED) is 0.471. The molecule has 3 rings (SSSR count). The molecule has 1 aliphatic carbocycles. The maximum absolute atomic E-state index is 4.97. The first kappa shape index (κ1) is 24.1. The monoisotopic (exact) mass is 383 g/mol. The number of aromatic nitrogens is 2. The molecule has 3 heteroatoms. The van der Waals surface area contributed by atoms with Crippen LogP contribution < -0.4 is 0 Å². The zero-order chi connectivity index (χ0) is 20.9. The minimum atomic E-state index is 0.601. The van der Waals surface area contributed by atoms with Gasteiger partial charge in [0.25, 0.3) is 0 Å². The average molecular weight is 384 g/mol. The van der Waals surface area contributed by atoms with Gasteiger partial charge in [-0.1, -0.05) is 72.6 Å². The predicted octanol–water partition coefficient (Wildman–Crippen LogP) is 7.65. The third-order valence-electron chi connectivity index (χ3n) is 5.19. The molecular weight excluding hydrogens is 342 g/mol. The maximum Gasteiger partial charge on any atom is 0.111 e. The van der Waals surface area contributed by atoms with E-state index in [1.54, 1.807) is 0 Å². The van der Waals surface area contributed by atoms with E-state index in [4.69, 9.17) is 4.98 Å². The molecule has 156 valence electrons. The highest BCUT2D eigenvalue weighted by molar-refractivity contribution is 5.81. The molecule has 1 heterocycles. The molecule has 0 radical (unpaired) electrons. The van der Waals surface area contributed by atoms with Crippen LogP contribution in [0.25, 0.3) is 17.1 Å². The van der Waals surface area contributed by atoms with Gasteiger partial charge in [-0.25, -0.2) is 4.98 Å². The summed E-state index contributed by atoms with van der Waals surface area (Å²) in [6, 6.07) is 7.13. The standard InChI is InChI=1S/C21H29N3.2C2H6/c1-4-16(3)22-14-13-21-23-19-15-17(5-2)11-12-20(19)24(21)18-9-7-6-8-10-18;2*1-2/h5,11-12,15,18H,2,4,6-10,13-14H2,1,3H3;2*1-2H3. The van der Waals surface area contributed by atoms with E-state index in [0.717, 1.165) is 30.5 Å². The Labute approximate surface area is 173 Å². The highest BCUT2D eigenvalue weighted by Gasteiger charge is 2.21. The normalized spacial score (nSPS) is 14.7. The fourth-order valence-corrected chi connectivity index (χ4v) is 3.67. The molecule has 1 saturated carbocycles. The molecule has 0 unspecified atom stereocenters. The van der Waals surface area contributed by atoms with E-state index < -0.39 is 0 Å². The van der Waals surface area contributed by atoms with Crippen molar-refractivity contribution in [3.05, 3.63) is 36.2 Å². The molecule has 0 amide bonds. The van der Waals surface area contributed by atoms with Crippen LogP contribution in [0.3, 0.4) is 0 Å². The SMILES string of the molecule is C=Cc1ccc2c(c1)nc(CCN=C(C)CC)n2C1CCCCC1.CC.CC. The van der Waals surface area contributed by atoms with Crippen LogP contribution in [0, 0.1) is 0 Å². The molecule has 2 aromatic rings. The third kappa shape index (κ3) is 6.32. The van der Waals surface area contributed by atoms with Crippen molar-refractivity contribution in [3.63, 3.8) is 0 Å². The van der Waals surface area contributed by atoms with Crippen molar-refractivity contribution in [2.45, 2.75) is 92.5 Å². The van der Waals surface area contributed by atoms with Gasteiger partial charge in [0.15, 0.2) is 0 Å². The zero-order valence-electron chi connectivity index (χ0n) is 19.1. The lowest BCUT2D eigenvalue weighted by atomic mass is 9.95.